The molecule has 2 unspecified atom stereocenters. The van der Waals surface area contributed by atoms with E-state index in [0.29, 0.717) is 22.1 Å². The molecule has 10 heteroatoms. The third kappa shape index (κ3) is 3.98. The molecule has 2 aliphatic rings. The molecular weight excluding hydrogens is 488 g/mol. The van der Waals surface area contributed by atoms with E-state index in [1.807, 2.05) is 26.0 Å². The molecule has 0 aromatic carbocycles. The lowest BCUT2D eigenvalue weighted by Gasteiger charge is -2.21. The fourth-order valence-corrected chi connectivity index (χ4v) is 4.83. The monoisotopic (exact) mass is 514 g/mol. The standard InChI is InChI=1S/C28H26N4O6/c1-13-8-18-10-23-27(5,37-15(3)33)25(35)21(31-23)9-17-7-14(2)20(29-17)12-24-28(6,38-16(4)34)26(36)22(32-24)11-19(13)30-18/h7-12,29-30H,1-6H3. The Kier molecular flexibility index (Phi) is 5.59. The molecule has 5 heterocycles. The number of aromatic amines is 2. The van der Waals surface area contributed by atoms with Gasteiger partial charge in [-0.3, -0.25) is 19.2 Å². The van der Waals surface area contributed by atoms with Gasteiger partial charge < -0.3 is 19.4 Å². The summed E-state index contributed by atoms with van der Waals surface area (Å²) in [6.07, 6.45) is 0. The minimum Gasteiger partial charge on any atom is -0.444 e. The summed E-state index contributed by atoms with van der Waals surface area (Å²) in [5, 5.41) is 0. The Bertz CT molecular complexity index is 1730. The number of ether oxygens (including phenoxy) is 2. The summed E-state index contributed by atoms with van der Waals surface area (Å²) in [4.78, 5) is 66.2. The molecule has 8 bridgehead atoms. The van der Waals surface area contributed by atoms with Crippen molar-refractivity contribution in [3.63, 3.8) is 0 Å². The van der Waals surface area contributed by atoms with Gasteiger partial charge in [-0.05, 0) is 75.2 Å². The normalized spacial score (nSPS) is 20.9. The molecule has 0 amide bonds. The van der Waals surface area contributed by atoms with E-state index in [-0.39, 0.29) is 22.8 Å². The highest BCUT2D eigenvalue weighted by atomic mass is 16.6. The van der Waals surface area contributed by atoms with Crippen molar-refractivity contribution in [1.82, 2.24) is 19.9 Å². The number of hydrogen-bond donors (Lipinski definition) is 2. The molecule has 0 aliphatic carbocycles. The number of carbonyl (C=O) groups excluding carboxylic acids is 4. The van der Waals surface area contributed by atoms with Crippen LogP contribution in [-0.4, -0.2) is 43.4 Å². The Morgan fingerprint density at radius 3 is 1.61 bits per heavy atom. The van der Waals surface area contributed by atoms with Crippen LogP contribution in [0.3, 0.4) is 0 Å². The molecule has 0 spiro atoms. The van der Waals surface area contributed by atoms with Gasteiger partial charge >= 0.3 is 11.9 Å². The quantitative estimate of drug-likeness (QED) is 0.483. The summed E-state index contributed by atoms with van der Waals surface area (Å²) in [5.41, 5.74) is 1.47. The Hall–Kier alpha value is -4.60. The second-order valence-corrected chi connectivity index (χ2v) is 9.90. The van der Waals surface area contributed by atoms with E-state index in [0.717, 1.165) is 11.1 Å². The minimum absolute atomic E-state index is 0.115. The van der Waals surface area contributed by atoms with Gasteiger partial charge in [-0.1, -0.05) is 0 Å². The first-order chi connectivity index (χ1) is 17.8. The van der Waals surface area contributed by atoms with Crippen LogP contribution in [0.2, 0.25) is 0 Å². The largest absolute Gasteiger partial charge is 0.444 e. The molecule has 38 heavy (non-hydrogen) atoms. The van der Waals surface area contributed by atoms with Crippen molar-refractivity contribution < 1.29 is 28.7 Å². The van der Waals surface area contributed by atoms with Crippen LogP contribution in [0.25, 0.3) is 22.1 Å². The predicted octanol–water partition coefficient (Wildman–Crippen LogP) is 4.25. The number of aryl methyl sites for hydroxylation is 2. The zero-order valence-electron chi connectivity index (χ0n) is 21.8. The number of rotatable bonds is 2. The number of nitrogens with zero attached hydrogens (tertiary/aromatic N) is 2. The summed E-state index contributed by atoms with van der Waals surface area (Å²) in [7, 11) is 0. The highest BCUT2D eigenvalue weighted by Gasteiger charge is 2.47. The maximum atomic E-state index is 13.5. The van der Waals surface area contributed by atoms with E-state index in [9.17, 15) is 19.2 Å². The maximum absolute atomic E-state index is 13.5. The number of esters is 2. The molecule has 3 aromatic rings. The zero-order chi connectivity index (χ0) is 27.6. The second-order valence-electron chi connectivity index (χ2n) is 9.90. The molecule has 2 N–H and O–H groups in total. The lowest BCUT2D eigenvalue weighted by molar-refractivity contribution is -0.152. The van der Waals surface area contributed by atoms with Crippen LogP contribution in [0.5, 0.6) is 0 Å². The maximum Gasteiger partial charge on any atom is 0.304 e. The van der Waals surface area contributed by atoms with E-state index in [1.54, 1.807) is 24.3 Å². The minimum atomic E-state index is -1.61. The van der Waals surface area contributed by atoms with Crippen molar-refractivity contribution in [2.75, 3.05) is 0 Å². The van der Waals surface area contributed by atoms with Crippen molar-refractivity contribution in [3.05, 3.63) is 70.3 Å². The van der Waals surface area contributed by atoms with Crippen LogP contribution < -0.4 is 0 Å². The molecule has 194 valence electrons. The first-order valence-corrected chi connectivity index (χ1v) is 12.0. The molecule has 3 aromatic heterocycles. The Morgan fingerprint density at radius 1 is 0.684 bits per heavy atom. The van der Waals surface area contributed by atoms with Crippen molar-refractivity contribution in [1.29, 1.82) is 0 Å². The number of hydrogen-bond acceptors (Lipinski definition) is 8. The molecule has 0 radical (unpaired) electrons. The van der Waals surface area contributed by atoms with E-state index in [2.05, 4.69) is 19.9 Å². The average molecular weight is 515 g/mol. The van der Waals surface area contributed by atoms with Gasteiger partial charge in [0.05, 0.1) is 11.4 Å². The molecule has 0 saturated carbocycles. The first-order valence-electron chi connectivity index (χ1n) is 12.0. The molecule has 2 atom stereocenters. The van der Waals surface area contributed by atoms with Crippen molar-refractivity contribution in [2.45, 2.75) is 52.7 Å². The van der Waals surface area contributed by atoms with Gasteiger partial charge in [0.1, 0.15) is 11.4 Å². The number of H-pyrrole nitrogens is 2. The van der Waals surface area contributed by atoms with Gasteiger partial charge in [-0.25, -0.2) is 9.97 Å². The van der Waals surface area contributed by atoms with Crippen LogP contribution in [-0.2, 0) is 30.3 Å². The van der Waals surface area contributed by atoms with Gasteiger partial charge in [-0.2, -0.15) is 0 Å². The number of ketones is 2. The van der Waals surface area contributed by atoms with Crippen molar-refractivity contribution >= 4 is 45.6 Å². The fourth-order valence-electron chi connectivity index (χ4n) is 4.83. The second kappa shape index (κ2) is 8.47. The van der Waals surface area contributed by atoms with Crippen LogP contribution >= 0.6 is 0 Å². The fraction of sp³-hybridized carbons (Fsp3) is 0.286. The van der Waals surface area contributed by atoms with Crippen LogP contribution in [0, 0.1) is 13.8 Å². The first kappa shape index (κ1) is 25.1. The van der Waals surface area contributed by atoms with E-state index in [4.69, 9.17) is 9.47 Å². The lowest BCUT2D eigenvalue weighted by atomic mass is 9.97. The van der Waals surface area contributed by atoms with E-state index >= 15 is 0 Å². The molecular formula is C28H26N4O6. The third-order valence-corrected chi connectivity index (χ3v) is 6.79. The molecule has 10 nitrogen and oxygen atoms in total. The average Bonchev–Trinajstić information content (AvgIpc) is 3.46. The Morgan fingerprint density at radius 2 is 1.11 bits per heavy atom. The van der Waals surface area contributed by atoms with Gasteiger partial charge in [0.2, 0.25) is 22.8 Å². The molecule has 2 aliphatic heterocycles. The summed E-state index contributed by atoms with van der Waals surface area (Å²) < 4.78 is 11.0. The molecule has 0 saturated heterocycles. The van der Waals surface area contributed by atoms with Crippen LogP contribution in [0.1, 0.15) is 71.2 Å². The summed E-state index contributed by atoms with van der Waals surface area (Å²) in [6, 6.07) is 10.1. The van der Waals surface area contributed by atoms with Crippen molar-refractivity contribution in [2.24, 2.45) is 0 Å². The summed E-state index contributed by atoms with van der Waals surface area (Å²) >= 11 is 0. The lowest BCUT2D eigenvalue weighted by Crippen LogP contribution is -2.33. The van der Waals surface area contributed by atoms with Gasteiger partial charge in [0.15, 0.2) is 0 Å². The molecule has 0 fully saturated rings. The number of fused-ring (bicyclic) bond motifs is 8. The Labute approximate surface area is 217 Å². The highest BCUT2D eigenvalue weighted by molar-refractivity contribution is 6.06. The predicted molar refractivity (Wildman–Crippen MR) is 137 cm³/mol. The number of aromatic nitrogens is 4. The SMILES string of the molecule is CC(=O)OC1(C)C(=O)c2cc3cc(C)c(cc4nc(cc5[nH]c(cc1n2)cc5C)C(=O)C4(C)OC(C)=O)[nH]3. The van der Waals surface area contributed by atoms with Gasteiger partial charge in [0.25, 0.3) is 0 Å². The van der Waals surface area contributed by atoms with E-state index in [1.165, 1.54) is 27.7 Å². The van der Waals surface area contributed by atoms with Crippen LogP contribution in [0.4, 0.5) is 0 Å². The third-order valence-electron chi connectivity index (χ3n) is 6.79. The van der Waals surface area contributed by atoms with Crippen molar-refractivity contribution in [3.8, 4) is 0 Å². The van der Waals surface area contributed by atoms with E-state index < -0.39 is 34.7 Å². The van der Waals surface area contributed by atoms with Gasteiger partial charge in [0, 0.05) is 35.9 Å². The van der Waals surface area contributed by atoms with Crippen LogP contribution in [0.15, 0.2) is 36.4 Å². The smallest absolute Gasteiger partial charge is 0.304 e. The van der Waals surface area contributed by atoms with Gasteiger partial charge in [-0.15, -0.1) is 0 Å². The number of carbonyl (C=O) groups is 4. The summed E-state index contributed by atoms with van der Waals surface area (Å²) in [5.74, 6) is -2.13. The summed E-state index contributed by atoms with van der Waals surface area (Å²) in [6.45, 7) is 9.21. The Balaban J connectivity index is 1.89. The number of nitrogens with one attached hydrogen (secondary N) is 2. The topological polar surface area (TPSA) is 144 Å². The molecule has 5 rings (SSSR count). The number of Topliss-reactive ketones (excluding diaryl/α,β-unsaturated/α-hetero) is 2. The highest BCUT2D eigenvalue weighted by Crippen LogP contribution is 2.35. The zero-order valence-corrected chi connectivity index (χ0v) is 21.8.